The predicted octanol–water partition coefficient (Wildman–Crippen LogP) is 3.38. The Morgan fingerprint density at radius 1 is 1.21 bits per heavy atom. The van der Waals surface area contributed by atoms with Crippen molar-refractivity contribution in [2.45, 2.75) is 26.8 Å². The van der Waals surface area contributed by atoms with Gasteiger partial charge in [-0.05, 0) is 30.0 Å². The van der Waals surface area contributed by atoms with Gasteiger partial charge in [0.25, 0.3) is 0 Å². The van der Waals surface area contributed by atoms with Gasteiger partial charge in [0.2, 0.25) is 0 Å². The molecule has 0 atom stereocenters. The van der Waals surface area contributed by atoms with Crippen molar-refractivity contribution in [2.24, 2.45) is 10.9 Å². The fraction of sp³-hybridized carbons (Fsp3) is 0.611. The normalized spacial score (nSPS) is 11.2. The Kier molecular flexibility index (Phi) is 12.7. The minimum atomic E-state index is 0. The zero-order valence-electron chi connectivity index (χ0n) is 15.5. The summed E-state index contributed by atoms with van der Waals surface area (Å²) in [7, 11) is 5.50. The largest absolute Gasteiger partial charge is 0.497 e. The molecule has 0 radical (unpaired) electrons. The minimum Gasteiger partial charge on any atom is -0.497 e. The Morgan fingerprint density at radius 2 is 1.88 bits per heavy atom. The minimum absolute atomic E-state index is 0. The summed E-state index contributed by atoms with van der Waals surface area (Å²) in [6, 6.07) is 8.08. The van der Waals surface area contributed by atoms with Crippen LogP contribution in [-0.4, -0.2) is 51.8 Å². The van der Waals surface area contributed by atoms with Crippen LogP contribution in [-0.2, 0) is 11.3 Å². The number of nitrogens with one attached hydrogen (secondary N) is 1. The lowest BCUT2D eigenvalue weighted by Crippen LogP contribution is -2.40. The van der Waals surface area contributed by atoms with Gasteiger partial charge in [-0.15, -0.1) is 24.0 Å². The molecule has 0 aromatic heterocycles. The average Bonchev–Trinajstić information content (AvgIpc) is 2.54. The molecule has 24 heavy (non-hydrogen) atoms. The van der Waals surface area contributed by atoms with E-state index in [1.165, 1.54) is 5.56 Å². The predicted molar refractivity (Wildman–Crippen MR) is 112 cm³/mol. The molecule has 0 saturated heterocycles. The second-order valence-electron chi connectivity index (χ2n) is 5.97. The summed E-state index contributed by atoms with van der Waals surface area (Å²) in [4.78, 5) is 6.41. The van der Waals surface area contributed by atoms with Gasteiger partial charge < -0.3 is 19.7 Å². The number of halogens is 1. The molecule has 1 aromatic rings. The average molecular weight is 449 g/mol. The van der Waals surface area contributed by atoms with Crippen LogP contribution in [0, 0.1) is 5.92 Å². The Morgan fingerprint density at radius 3 is 2.42 bits per heavy atom. The first kappa shape index (κ1) is 23.0. The molecular weight excluding hydrogens is 417 g/mol. The molecule has 0 spiro atoms. The molecule has 0 saturated carbocycles. The van der Waals surface area contributed by atoms with Crippen molar-refractivity contribution >= 4 is 29.9 Å². The third-order valence-corrected chi connectivity index (χ3v) is 3.52. The van der Waals surface area contributed by atoms with Gasteiger partial charge in [-0.3, -0.25) is 4.99 Å². The third kappa shape index (κ3) is 9.32. The molecule has 0 aliphatic carbocycles. The van der Waals surface area contributed by atoms with Crippen molar-refractivity contribution in [1.29, 1.82) is 0 Å². The summed E-state index contributed by atoms with van der Waals surface area (Å²) in [5, 5.41) is 3.33. The van der Waals surface area contributed by atoms with E-state index in [0.717, 1.165) is 37.8 Å². The highest BCUT2D eigenvalue weighted by Gasteiger charge is 2.06. The maximum absolute atomic E-state index is 5.61. The standard InChI is InChI=1S/C18H31N3O2.HI/c1-15(2)10-12-23-13-11-20-18(19-3)21(4)14-16-6-8-17(22-5)9-7-16;/h6-9,15H,10-14H2,1-5H3,(H,19,20);1H. The smallest absolute Gasteiger partial charge is 0.193 e. The van der Waals surface area contributed by atoms with Crippen LogP contribution >= 0.6 is 24.0 Å². The Bertz CT molecular complexity index is 464. The van der Waals surface area contributed by atoms with Crippen LogP contribution in [0.15, 0.2) is 29.3 Å². The molecule has 1 N–H and O–H groups in total. The van der Waals surface area contributed by atoms with Gasteiger partial charge in [-0.25, -0.2) is 0 Å². The van der Waals surface area contributed by atoms with Crippen LogP contribution in [0.1, 0.15) is 25.8 Å². The van der Waals surface area contributed by atoms with Crippen LogP contribution in [0.2, 0.25) is 0 Å². The number of ether oxygens (including phenoxy) is 2. The molecule has 0 fully saturated rings. The van der Waals surface area contributed by atoms with Crippen LogP contribution in [0.4, 0.5) is 0 Å². The number of methoxy groups -OCH3 is 1. The summed E-state index contributed by atoms with van der Waals surface area (Å²) >= 11 is 0. The van der Waals surface area contributed by atoms with Crippen LogP contribution in [0.3, 0.4) is 0 Å². The number of benzene rings is 1. The molecule has 0 aliphatic rings. The van der Waals surface area contributed by atoms with E-state index in [0.29, 0.717) is 12.5 Å². The second-order valence-corrected chi connectivity index (χ2v) is 5.97. The van der Waals surface area contributed by atoms with Crippen molar-refractivity contribution in [3.05, 3.63) is 29.8 Å². The lowest BCUT2D eigenvalue weighted by molar-refractivity contribution is 0.127. The molecule has 0 heterocycles. The van der Waals surface area contributed by atoms with E-state index >= 15 is 0 Å². The fourth-order valence-corrected chi connectivity index (χ4v) is 2.12. The van der Waals surface area contributed by atoms with Gasteiger partial charge in [0, 0.05) is 33.8 Å². The van der Waals surface area contributed by atoms with Gasteiger partial charge in [0.1, 0.15) is 5.75 Å². The van der Waals surface area contributed by atoms with E-state index < -0.39 is 0 Å². The van der Waals surface area contributed by atoms with E-state index in [2.05, 4.69) is 41.2 Å². The lowest BCUT2D eigenvalue weighted by atomic mass is 10.1. The van der Waals surface area contributed by atoms with Crippen molar-refractivity contribution in [3.8, 4) is 5.75 Å². The molecule has 0 aliphatic heterocycles. The topological polar surface area (TPSA) is 46.1 Å². The Balaban J connectivity index is 0.00000529. The zero-order valence-corrected chi connectivity index (χ0v) is 17.9. The number of rotatable bonds is 9. The highest BCUT2D eigenvalue weighted by atomic mass is 127. The van der Waals surface area contributed by atoms with Crippen LogP contribution in [0.25, 0.3) is 0 Å². The summed E-state index contributed by atoms with van der Waals surface area (Å²) in [6.07, 6.45) is 1.10. The molecule has 1 rings (SSSR count). The van der Waals surface area contributed by atoms with Gasteiger partial charge >= 0.3 is 0 Å². The maximum Gasteiger partial charge on any atom is 0.193 e. The van der Waals surface area contributed by atoms with Crippen molar-refractivity contribution in [3.63, 3.8) is 0 Å². The van der Waals surface area contributed by atoms with E-state index in [4.69, 9.17) is 9.47 Å². The third-order valence-electron chi connectivity index (χ3n) is 3.52. The van der Waals surface area contributed by atoms with Crippen LogP contribution < -0.4 is 10.1 Å². The number of guanidine groups is 1. The Hall–Kier alpha value is -1.02. The first-order valence-electron chi connectivity index (χ1n) is 8.19. The van der Waals surface area contributed by atoms with E-state index in [-0.39, 0.29) is 24.0 Å². The summed E-state index contributed by atoms with van der Waals surface area (Å²) in [5.74, 6) is 2.43. The van der Waals surface area contributed by atoms with Crippen LogP contribution in [0.5, 0.6) is 5.75 Å². The summed E-state index contributed by atoms with van der Waals surface area (Å²) < 4.78 is 10.8. The molecule has 0 amide bonds. The number of hydrogen-bond donors (Lipinski definition) is 1. The fourth-order valence-electron chi connectivity index (χ4n) is 2.12. The molecule has 5 nitrogen and oxygen atoms in total. The monoisotopic (exact) mass is 449 g/mol. The van der Waals surface area contributed by atoms with Crippen molar-refractivity contribution in [2.75, 3.05) is 41.0 Å². The van der Waals surface area contributed by atoms with Gasteiger partial charge in [-0.1, -0.05) is 26.0 Å². The molecule has 0 unspecified atom stereocenters. The highest BCUT2D eigenvalue weighted by Crippen LogP contribution is 2.12. The summed E-state index contributed by atoms with van der Waals surface area (Å²) in [5.41, 5.74) is 1.21. The summed E-state index contributed by atoms with van der Waals surface area (Å²) in [6.45, 7) is 7.48. The number of aliphatic imine (C=N–C) groups is 1. The number of nitrogens with zero attached hydrogens (tertiary/aromatic N) is 2. The van der Waals surface area contributed by atoms with Crippen molar-refractivity contribution < 1.29 is 9.47 Å². The van der Waals surface area contributed by atoms with Gasteiger partial charge in [0.15, 0.2) is 5.96 Å². The van der Waals surface area contributed by atoms with E-state index in [1.54, 1.807) is 14.2 Å². The SMILES string of the molecule is CN=C(NCCOCCC(C)C)N(C)Cc1ccc(OC)cc1.I. The zero-order chi connectivity index (χ0) is 17.1. The van der Waals surface area contributed by atoms with Gasteiger partial charge in [-0.2, -0.15) is 0 Å². The van der Waals surface area contributed by atoms with Crippen molar-refractivity contribution in [1.82, 2.24) is 10.2 Å². The van der Waals surface area contributed by atoms with E-state index in [9.17, 15) is 0 Å². The lowest BCUT2D eigenvalue weighted by Gasteiger charge is -2.22. The second kappa shape index (κ2) is 13.3. The molecule has 1 aromatic carbocycles. The molecule has 138 valence electrons. The maximum atomic E-state index is 5.61. The first-order chi connectivity index (χ1) is 11.1. The molecule has 0 bridgehead atoms. The molecule has 6 heteroatoms. The number of hydrogen-bond acceptors (Lipinski definition) is 3. The van der Waals surface area contributed by atoms with Gasteiger partial charge in [0.05, 0.1) is 13.7 Å². The first-order valence-corrected chi connectivity index (χ1v) is 8.19. The molecular formula is C18H32IN3O2. The van der Waals surface area contributed by atoms with E-state index in [1.807, 2.05) is 19.2 Å². The highest BCUT2D eigenvalue weighted by molar-refractivity contribution is 14.0. The quantitative estimate of drug-likeness (QED) is 0.272. The Labute approximate surface area is 163 Å².